The number of aromatic nitrogens is 2. The first kappa shape index (κ1) is 25.6. The Bertz CT molecular complexity index is 1450. The Hall–Kier alpha value is -4.49. The number of hydrogen-bond donors (Lipinski definition) is 2. The molecule has 1 atom stereocenters. The van der Waals surface area contributed by atoms with Crippen LogP contribution in [0, 0.1) is 25.2 Å². The molecule has 2 heterocycles. The van der Waals surface area contributed by atoms with Crippen LogP contribution >= 0.6 is 11.8 Å². The first-order valence-corrected chi connectivity index (χ1v) is 12.1. The maximum atomic E-state index is 13.3. The molecule has 0 fully saturated rings. The van der Waals surface area contributed by atoms with Gasteiger partial charge >= 0.3 is 11.9 Å². The van der Waals surface area contributed by atoms with Gasteiger partial charge in [0.1, 0.15) is 11.5 Å². The van der Waals surface area contributed by atoms with E-state index in [-0.39, 0.29) is 22.7 Å². The molecule has 2 aromatic carbocycles. The van der Waals surface area contributed by atoms with Gasteiger partial charge in [-0.1, -0.05) is 54.2 Å². The third-order valence-electron chi connectivity index (χ3n) is 5.99. The van der Waals surface area contributed by atoms with E-state index in [0.29, 0.717) is 11.3 Å². The molecule has 37 heavy (non-hydrogen) atoms. The fourth-order valence-electron chi connectivity index (χ4n) is 4.29. The third-order valence-corrected chi connectivity index (χ3v) is 7.36. The van der Waals surface area contributed by atoms with Crippen LogP contribution in [0.1, 0.15) is 22.9 Å². The number of hydrogen-bond acceptors (Lipinski definition) is 9. The normalized spacial score (nSPS) is 15.4. The number of benzene rings is 2. The van der Waals surface area contributed by atoms with Crippen LogP contribution in [0.25, 0.3) is 0 Å². The topological polar surface area (TPSA) is 134 Å². The number of nitriles is 1. The standard InChI is InChI=1S/C27H25N5O4S/c1-15-24(16(2)31-30-15)37-20-13-9-8-12-19(20)32-23(27(34)36-4)22(26(33)35-3)21(18(14-28)25(32)29)17-10-6-5-7-11-17/h5-13,21H,29H2,1-4H3,(H,30,31). The minimum absolute atomic E-state index is 0.0121. The zero-order chi connectivity index (χ0) is 26.7. The molecule has 1 aromatic heterocycles. The second-order valence-electron chi connectivity index (χ2n) is 8.17. The van der Waals surface area contributed by atoms with Crippen molar-refractivity contribution in [3.05, 3.63) is 94.2 Å². The highest BCUT2D eigenvalue weighted by Crippen LogP contribution is 2.46. The Morgan fingerprint density at radius 2 is 1.70 bits per heavy atom. The van der Waals surface area contributed by atoms with Crippen LogP contribution in [-0.4, -0.2) is 36.4 Å². The van der Waals surface area contributed by atoms with E-state index in [1.165, 1.54) is 30.9 Å². The molecule has 9 nitrogen and oxygen atoms in total. The number of aryl methyl sites for hydroxylation is 2. The van der Waals surface area contributed by atoms with Gasteiger partial charge in [-0.15, -0.1) is 0 Å². The number of esters is 2. The third kappa shape index (κ3) is 4.57. The Kier molecular flexibility index (Phi) is 7.36. The molecule has 3 aromatic rings. The van der Waals surface area contributed by atoms with Crippen LogP contribution in [-0.2, 0) is 19.1 Å². The zero-order valence-corrected chi connectivity index (χ0v) is 21.6. The highest BCUT2D eigenvalue weighted by atomic mass is 32.2. The lowest BCUT2D eigenvalue weighted by molar-refractivity contribution is -0.139. The van der Waals surface area contributed by atoms with Crippen molar-refractivity contribution in [1.82, 2.24) is 10.2 Å². The molecule has 10 heteroatoms. The maximum Gasteiger partial charge on any atom is 0.355 e. The van der Waals surface area contributed by atoms with E-state index in [9.17, 15) is 14.9 Å². The SMILES string of the molecule is COC(=O)C1=C(C(=O)OC)N(c2ccccc2Sc2c(C)n[nH]c2C)C(N)=C(C#N)C1c1ccccc1. The second-order valence-corrected chi connectivity index (χ2v) is 9.22. The van der Waals surface area contributed by atoms with Crippen LogP contribution < -0.4 is 10.6 Å². The van der Waals surface area contributed by atoms with E-state index in [2.05, 4.69) is 16.3 Å². The minimum atomic E-state index is -0.929. The van der Waals surface area contributed by atoms with Gasteiger partial charge in [0.15, 0.2) is 0 Å². The Morgan fingerprint density at radius 1 is 1.05 bits per heavy atom. The molecule has 0 radical (unpaired) electrons. The number of H-pyrrole nitrogens is 1. The fraction of sp³-hybridized carbons (Fsp3) is 0.185. The van der Waals surface area contributed by atoms with Gasteiger partial charge in [0.2, 0.25) is 0 Å². The van der Waals surface area contributed by atoms with Crippen LogP contribution in [0.2, 0.25) is 0 Å². The van der Waals surface area contributed by atoms with E-state index in [1.807, 2.05) is 32.0 Å². The zero-order valence-electron chi connectivity index (χ0n) is 20.7. The lowest BCUT2D eigenvalue weighted by atomic mass is 9.81. The number of nitrogens with two attached hydrogens (primary N) is 1. The molecular formula is C27H25N5O4S. The molecule has 0 aliphatic carbocycles. The van der Waals surface area contributed by atoms with Crippen LogP contribution in [0.5, 0.6) is 0 Å². The molecule has 0 amide bonds. The van der Waals surface area contributed by atoms with Crippen LogP contribution in [0.3, 0.4) is 0 Å². The number of nitrogens with zero attached hydrogens (tertiary/aromatic N) is 3. The largest absolute Gasteiger partial charge is 0.466 e. The van der Waals surface area contributed by atoms with Gasteiger partial charge in [0, 0.05) is 10.6 Å². The first-order chi connectivity index (χ1) is 17.8. The van der Waals surface area contributed by atoms with Gasteiger partial charge in [-0.3, -0.25) is 10.00 Å². The Balaban J connectivity index is 2.03. The van der Waals surface area contributed by atoms with Gasteiger partial charge < -0.3 is 15.2 Å². The number of ether oxygens (including phenoxy) is 2. The molecule has 3 N–H and O–H groups in total. The molecule has 0 bridgehead atoms. The molecular weight excluding hydrogens is 490 g/mol. The number of nitrogens with one attached hydrogen (secondary N) is 1. The second kappa shape index (κ2) is 10.6. The highest BCUT2D eigenvalue weighted by Gasteiger charge is 2.43. The molecule has 0 spiro atoms. The summed E-state index contributed by atoms with van der Waals surface area (Å²) in [5.41, 5.74) is 9.37. The number of anilines is 1. The van der Waals surface area contributed by atoms with Gasteiger partial charge in [-0.25, -0.2) is 9.59 Å². The van der Waals surface area contributed by atoms with E-state index >= 15 is 0 Å². The van der Waals surface area contributed by atoms with Gasteiger partial charge in [-0.2, -0.15) is 10.4 Å². The number of aromatic amines is 1. The smallest absolute Gasteiger partial charge is 0.355 e. The fourth-order valence-corrected chi connectivity index (χ4v) is 5.32. The van der Waals surface area contributed by atoms with Gasteiger partial charge in [0.25, 0.3) is 0 Å². The molecule has 4 rings (SSSR count). The molecule has 188 valence electrons. The van der Waals surface area contributed by atoms with Gasteiger partial charge in [-0.05, 0) is 31.5 Å². The van der Waals surface area contributed by atoms with Crippen molar-refractivity contribution in [2.24, 2.45) is 5.73 Å². The number of para-hydroxylation sites is 1. The Morgan fingerprint density at radius 3 is 2.30 bits per heavy atom. The first-order valence-electron chi connectivity index (χ1n) is 11.3. The number of carbonyl (C=O) groups is 2. The van der Waals surface area contributed by atoms with E-state index in [1.54, 1.807) is 36.4 Å². The number of methoxy groups -OCH3 is 2. The summed E-state index contributed by atoms with van der Waals surface area (Å²) in [5.74, 6) is -2.48. The monoisotopic (exact) mass is 515 g/mol. The summed E-state index contributed by atoms with van der Waals surface area (Å²) >= 11 is 1.43. The highest BCUT2D eigenvalue weighted by molar-refractivity contribution is 7.99. The molecule has 1 unspecified atom stereocenters. The predicted molar refractivity (Wildman–Crippen MR) is 138 cm³/mol. The average molecular weight is 516 g/mol. The summed E-state index contributed by atoms with van der Waals surface area (Å²) in [6.07, 6.45) is 0. The van der Waals surface area contributed by atoms with Gasteiger partial charge in [0.05, 0.1) is 53.6 Å². The molecule has 1 aliphatic rings. The lowest BCUT2D eigenvalue weighted by Crippen LogP contribution is -2.41. The summed E-state index contributed by atoms with van der Waals surface area (Å²) in [6, 6.07) is 18.3. The Labute approximate surface area is 218 Å². The summed E-state index contributed by atoms with van der Waals surface area (Å²) in [4.78, 5) is 29.6. The number of allylic oxidation sites excluding steroid dienone is 1. The summed E-state index contributed by atoms with van der Waals surface area (Å²) in [5, 5.41) is 17.5. The van der Waals surface area contributed by atoms with Crippen LogP contribution in [0.15, 0.2) is 87.1 Å². The maximum absolute atomic E-state index is 13.3. The van der Waals surface area contributed by atoms with E-state index in [4.69, 9.17) is 15.2 Å². The van der Waals surface area contributed by atoms with Crippen molar-refractivity contribution in [2.45, 2.75) is 29.6 Å². The van der Waals surface area contributed by atoms with E-state index < -0.39 is 17.9 Å². The molecule has 0 saturated heterocycles. The summed E-state index contributed by atoms with van der Waals surface area (Å²) in [7, 11) is 2.44. The lowest BCUT2D eigenvalue weighted by Gasteiger charge is -2.36. The number of rotatable bonds is 6. The van der Waals surface area contributed by atoms with Crippen molar-refractivity contribution in [2.75, 3.05) is 19.1 Å². The van der Waals surface area contributed by atoms with Crippen molar-refractivity contribution < 1.29 is 19.1 Å². The van der Waals surface area contributed by atoms with Crippen molar-refractivity contribution in [3.8, 4) is 6.07 Å². The van der Waals surface area contributed by atoms with E-state index in [0.717, 1.165) is 21.2 Å². The predicted octanol–water partition coefficient (Wildman–Crippen LogP) is 4.08. The quantitative estimate of drug-likeness (QED) is 0.466. The van der Waals surface area contributed by atoms with Crippen molar-refractivity contribution >= 4 is 29.4 Å². The van der Waals surface area contributed by atoms with Crippen LogP contribution in [0.4, 0.5) is 5.69 Å². The molecule has 0 saturated carbocycles. The summed E-state index contributed by atoms with van der Waals surface area (Å²) < 4.78 is 10.2. The average Bonchev–Trinajstić information content (AvgIpc) is 3.24. The van der Waals surface area contributed by atoms with Crippen molar-refractivity contribution in [1.29, 1.82) is 5.26 Å². The minimum Gasteiger partial charge on any atom is -0.466 e. The molecule has 1 aliphatic heterocycles. The van der Waals surface area contributed by atoms with Crippen molar-refractivity contribution in [3.63, 3.8) is 0 Å². The summed E-state index contributed by atoms with van der Waals surface area (Å²) in [6.45, 7) is 3.80. The number of carbonyl (C=O) groups excluding carboxylic acids is 2.